The molecule has 0 amide bonds. The van der Waals surface area contributed by atoms with Crippen LogP contribution in [0.15, 0.2) is 24.3 Å². The molecule has 15 heavy (non-hydrogen) atoms. The lowest BCUT2D eigenvalue weighted by Crippen LogP contribution is -2.11. The van der Waals surface area contributed by atoms with E-state index in [-0.39, 0.29) is 5.38 Å². The summed E-state index contributed by atoms with van der Waals surface area (Å²) in [7, 11) is 0. The second-order valence-corrected chi connectivity index (χ2v) is 3.98. The van der Waals surface area contributed by atoms with E-state index in [1.807, 2.05) is 0 Å². The van der Waals surface area contributed by atoms with Gasteiger partial charge in [-0.2, -0.15) is 13.2 Å². The highest BCUT2D eigenvalue weighted by atomic mass is 35.5. The Balaban J connectivity index is 2.65. The maximum Gasteiger partial charge on any atom is 0.416 e. The molecule has 0 aliphatic heterocycles. The molecular formula is C10H11ClF3N. The molecule has 0 fully saturated rings. The monoisotopic (exact) mass is 237 g/mol. The van der Waals surface area contributed by atoms with Crippen LogP contribution < -0.4 is 5.32 Å². The Kier molecular flexibility index (Phi) is 3.85. The molecule has 84 valence electrons. The van der Waals surface area contributed by atoms with Gasteiger partial charge in [-0.3, -0.25) is 0 Å². The topological polar surface area (TPSA) is 12.0 Å². The fraction of sp³-hybridized carbons (Fsp3) is 0.400. The van der Waals surface area contributed by atoms with Gasteiger partial charge in [0.2, 0.25) is 0 Å². The molecule has 0 spiro atoms. The zero-order valence-corrected chi connectivity index (χ0v) is 8.86. The van der Waals surface area contributed by atoms with E-state index in [4.69, 9.17) is 11.6 Å². The second kappa shape index (κ2) is 4.75. The van der Waals surface area contributed by atoms with Gasteiger partial charge in [-0.15, -0.1) is 11.6 Å². The number of rotatable bonds is 3. The molecule has 0 saturated carbocycles. The lowest BCUT2D eigenvalue weighted by atomic mass is 10.2. The number of hydrogen-bond donors (Lipinski definition) is 1. The molecule has 0 heterocycles. The second-order valence-electron chi connectivity index (χ2n) is 3.24. The van der Waals surface area contributed by atoms with E-state index >= 15 is 0 Å². The Labute approximate surface area is 91.2 Å². The number of benzene rings is 1. The summed E-state index contributed by atoms with van der Waals surface area (Å²) in [5, 5.41) is 2.86. The third-order valence-corrected chi connectivity index (χ3v) is 1.95. The standard InChI is InChI=1S/C10H11ClF3N/c1-7(11)6-15-9-4-2-8(3-5-9)10(12,13)14/h2-5,7,15H,6H2,1H3. The van der Waals surface area contributed by atoms with Crippen molar-refractivity contribution in [1.29, 1.82) is 0 Å². The molecular weight excluding hydrogens is 227 g/mol. The summed E-state index contributed by atoms with van der Waals surface area (Å²) in [4.78, 5) is 0. The highest BCUT2D eigenvalue weighted by molar-refractivity contribution is 6.20. The summed E-state index contributed by atoms with van der Waals surface area (Å²) in [6, 6.07) is 4.87. The fourth-order valence-electron chi connectivity index (χ4n) is 1.04. The molecule has 0 aliphatic carbocycles. The van der Waals surface area contributed by atoms with E-state index in [0.29, 0.717) is 12.2 Å². The molecule has 0 bridgehead atoms. The average Bonchev–Trinajstić information content (AvgIpc) is 2.14. The smallest absolute Gasteiger partial charge is 0.384 e. The number of halogens is 4. The van der Waals surface area contributed by atoms with Gasteiger partial charge in [-0.1, -0.05) is 0 Å². The predicted octanol–water partition coefficient (Wildman–Crippen LogP) is 3.74. The molecule has 5 heteroatoms. The fourth-order valence-corrected chi connectivity index (χ4v) is 1.11. The van der Waals surface area contributed by atoms with E-state index in [9.17, 15) is 13.2 Å². The number of alkyl halides is 4. The summed E-state index contributed by atoms with van der Waals surface area (Å²) < 4.78 is 36.6. The van der Waals surface area contributed by atoms with Crippen molar-refractivity contribution in [3.63, 3.8) is 0 Å². The van der Waals surface area contributed by atoms with Crippen LogP contribution in [-0.4, -0.2) is 11.9 Å². The molecule has 1 aromatic rings. The van der Waals surface area contributed by atoms with Gasteiger partial charge >= 0.3 is 6.18 Å². The van der Waals surface area contributed by atoms with Crippen LogP contribution in [0.3, 0.4) is 0 Å². The van der Waals surface area contributed by atoms with Gasteiger partial charge in [0.1, 0.15) is 0 Å². The summed E-state index contributed by atoms with van der Waals surface area (Å²) in [5.74, 6) is 0. The quantitative estimate of drug-likeness (QED) is 0.790. The summed E-state index contributed by atoms with van der Waals surface area (Å²) >= 11 is 5.69. The molecule has 0 aliphatic rings. The zero-order chi connectivity index (χ0) is 11.5. The minimum Gasteiger partial charge on any atom is -0.384 e. The van der Waals surface area contributed by atoms with Crippen molar-refractivity contribution < 1.29 is 13.2 Å². The van der Waals surface area contributed by atoms with Gasteiger partial charge in [-0.05, 0) is 31.2 Å². The minimum atomic E-state index is -4.28. The van der Waals surface area contributed by atoms with Gasteiger partial charge in [0.25, 0.3) is 0 Å². The normalized spacial score (nSPS) is 13.7. The maximum absolute atomic E-state index is 12.2. The lowest BCUT2D eigenvalue weighted by molar-refractivity contribution is -0.137. The van der Waals surface area contributed by atoms with Crippen molar-refractivity contribution in [2.24, 2.45) is 0 Å². The molecule has 1 aromatic carbocycles. The summed E-state index contributed by atoms with van der Waals surface area (Å²) in [6.07, 6.45) is -4.28. The van der Waals surface area contributed by atoms with Crippen molar-refractivity contribution in [1.82, 2.24) is 0 Å². The van der Waals surface area contributed by atoms with Crippen LogP contribution in [-0.2, 0) is 6.18 Å². The minimum absolute atomic E-state index is 0.0627. The van der Waals surface area contributed by atoms with E-state index in [1.54, 1.807) is 6.92 Å². The molecule has 1 unspecified atom stereocenters. The molecule has 0 saturated heterocycles. The van der Waals surface area contributed by atoms with Crippen LogP contribution in [0.1, 0.15) is 12.5 Å². The average molecular weight is 238 g/mol. The third kappa shape index (κ3) is 4.00. The van der Waals surface area contributed by atoms with Crippen molar-refractivity contribution in [2.45, 2.75) is 18.5 Å². The van der Waals surface area contributed by atoms with E-state index in [0.717, 1.165) is 12.1 Å². The highest BCUT2D eigenvalue weighted by Gasteiger charge is 2.29. The highest BCUT2D eigenvalue weighted by Crippen LogP contribution is 2.29. The zero-order valence-electron chi connectivity index (χ0n) is 8.11. The lowest BCUT2D eigenvalue weighted by Gasteiger charge is -2.10. The van der Waals surface area contributed by atoms with Crippen LogP contribution in [0.2, 0.25) is 0 Å². The van der Waals surface area contributed by atoms with Crippen LogP contribution in [0.4, 0.5) is 18.9 Å². The maximum atomic E-state index is 12.2. The Morgan fingerprint density at radius 1 is 1.27 bits per heavy atom. The predicted molar refractivity (Wildman–Crippen MR) is 55.2 cm³/mol. The van der Waals surface area contributed by atoms with Gasteiger partial charge in [-0.25, -0.2) is 0 Å². The third-order valence-electron chi connectivity index (χ3n) is 1.80. The van der Waals surface area contributed by atoms with Gasteiger partial charge in [0.15, 0.2) is 0 Å². The van der Waals surface area contributed by atoms with E-state index in [1.165, 1.54) is 12.1 Å². The SMILES string of the molecule is CC(Cl)CNc1ccc(C(F)(F)F)cc1. The Bertz CT molecular complexity index is 305. The van der Waals surface area contributed by atoms with Crippen LogP contribution >= 0.6 is 11.6 Å². The molecule has 1 nitrogen and oxygen atoms in total. The molecule has 0 aromatic heterocycles. The molecule has 1 atom stereocenters. The van der Waals surface area contributed by atoms with Crippen molar-refractivity contribution in [3.8, 4) is 0 Å². The Morgan fingerprint density at radius 2 is 1.80 bits per heavy atom. The summed E-state index contributed by atoms with van der Waals surface area (Å²) in [5.41, 5.74) is -0.0116. The van der Waals surface area contributed by atoms with Gasteiger partial charge in [0, 0.05) is 17.6 Å². The van der Waals surface area contributed by atoms with Crippen molar-refractivity contribution in [2.75, 3.05) is 11.9 Å². The first-order valence-electron chi connectivity index (χ1n) is 4.45. The van der Waals surface area contributed by atoms with Crippen molar-refractivity contribution in [3.05, 3.63) is 29.8 Å². The number of hydrogen-bond acceptors (Lipinski definition) is 1. The largest absolute Gasteiger partial charge is 0.416 e. The Morgan fingerprint density at radius 3 is 2.20 bits per heavy atom. The molecule has 0 radical (unpaired) electrons. The number of anilines is 1. The van der Waals surface area contributed by atoms with Gasteiger partial charge < -0.3 is 5.32 Å². The molecule has 1 rings (SSSR count). The first-order chi connectivity index (χ1) is 6.89. The van der Waals surface area contributed by atoms with Crippen LogP contribution in [0, 0.1) is 0 Å². The number of nitrogens with one attached hydrogen (secondary N) is 1. The Hall–Kier alpha value is -0.900. The first-order valence-corrected chi connectivity index (χ1v) is 4.88. The van der Waals surface area contributed by atoms with E-state index in [2.05, 4.69) is 5.32 Å². The molecule has 1 N–H and O–H groups in total. The van der Waals surface area contributed by atoms with E-state index < -0.39 is 11.7 Å². The summed E-state index contributed by atoms with van der Waals surface area (Å²) in [6.45, 7) is 2.32. The van der Waals surface area contributed by atoms with Crippen molar-refractivity contribution >= 4 is 17.3 Å². The van der Waals surface area contributed by atoms with Crippen LogP contribution in [0.25, 0.3) is 0 Å². The van der Waals surface area contributed by atoms with Gasteiger partial charge in [0.05, 0.1) is 5.56 Å². The van der Waals surface area contributed by atoms with Crippen LogP contribution in [0.5, 0.6) is 0 Å². The first kappa shape index (κ1) is 12.2.